The lowest BCUT2D eigenvalue weighted by molar-refractivity contribution is -0.0744. The second-order valence-electron chi connectivity index (χ2n) is 8.36. The van der Waals surface area contributed by atoms with E-state index in [1.807, 2.05) is 29.1 Å². The van der Waals surface area contributed by atoms with Gasteiger partial charge in [-0.2, -0.15) is 5.10 Å². The highest BCUT2D eigenvalue weighted by Gasteiger charge is 2.27. The Morgan fingerprint density at radius 2 is 1.59 bits per heavy atom. The number of ether oxygens (including phenoxy) is 3. The van der Waals surface area contributed by atoms with Gasteiger partial charge in [0.05, 0.1) is 13.2 Å². The Balaban J connectivity index is 1.07. The molecule has 0 N–H and O–H groups in total. The highest BCUT2D eigenvalue weighted by atomic mass is 16.7. The molecule has 2 aliphatic heterocycles. The first-order chi connectivity index (χ1) is 15.7. The van der Waals surface area contributed by atoms with Crippen LogP contribution in [0.2, 0.25) is 0 Å². The van der Waals surface area contributed by atoms with E-state index in [0.29, 0.717) is 19.8 Å². The number of piperazine rings is 1. The van der Waals surface area contributed by atoms with Gasteiger partial charge in [-0.05, 0) is 49.4 Å². The van der Waals surface area contributed by atoms with Crippen molar-refractivity contribution < 1.29 is 14.2 Å². The molecule has 7 heteroatoms. The van der Waals surface area contributed by atoms with Crippen LogP contribution in [0.4, 0.5) is 11.4 Å². The fourth-order valence-electron chi connectivity index (χ4n) is 4.17. The van der Waals surface area contributed by atoms with Crippen LogP contribution in [0, 0.1) is 6.92 Å². The van der Waals surface area contributed by atoms with E-state index in [-0.39, 0.29) is 12.4 Å². The van der Waals surface area contributed by atoms with Crippen LogP contribution in [-0.2, 0) is 16.0 Å². The molecule has 7 nitrogen and oxygen atoms in total. The summed E-state index contributed by atoms with van der Waals surface area (Å²) in [4.78, 5) is 4.89. The normalized spacial score (nSPS) is 21.2. The van der Waals surface area contributed by atoms with Gasteiger partial charge in [-0.1, -0.05) is 17.7 Å². The van der Waals surface area contributed by atoms with Crippen LogP contribution in [0.3, 0.4) is 0 Å². The van der Waals surface area contributed by atoms with Gasteiger partial charge in [0, 0.05) is 49.9 Å². The maximum atomic E-state index is 5.95. The van der Waals surface area contributed by atoms with Crippen LogP contribution in [0.25, 0.3) is 0 Å². The quantitative estimate of drug-likeness (QED) is 0.569. The Hall–Kier alpha value is -3.03. The van der Waals surface area contributed by atoms with Gasteiger partial charge in [0.15, 0.2) is 6.29 Å². The van der Waals surface area contributed by atoms with E-state index in [2.05, 4.69) is 58.2 Å². The van der Waals surface area contributed by atoms with Crippen molar-refractivity contribution in [3.63, 3.8) is 0 Å². The zero-order chi connectivity index (χ0) is 21.8. The molecule has 2 atom stereocenters. The minimum absolute atomic E-state index is 0.0647. The second kappa shape index (κ2) is 9.63. The summed E-state index contributed by atoms with van der Waals surface area (Å²) in [6, 6.07) is 19.1. The summed E-state index contributed by atoms with van der Waals surface area (Å²) in [6.45, 7) is 7.82. The lowest BCUT2D eigenvalue weighted by atomic mass is 10.2. The molecule has 0 radical (unpaired) electrons. The molecule has 2 unspecified atom stereocenters. The maximum Gasteiger partial charge on any atom is 0.177 e. The molecule has 0 aliphatic carbocycles. The minimum atomic E-state index is -0.274. The highest BCUT2D eigenvalue weighted by Crippen LogP contribution is 2.24. The molecular weight excluding hydrogens is 404 g/mol. The van der Waals surface area contributed by atoms with Crippen molar-refractivity contribution in [2.75, 3.05) is 49.2 Å². The Labute approximate surface area is 189 Å². The van der Waals surface area contributed by atoms with E-state index in [1.165, 1.54) is 16.9 Å². The summed E-state index contributed by atoms with van der Waals surface area (Å²) < 4.78 is 19.4. The topological polar surface area (TPSA) is 52.0 Å². The number of nitrogens with zero attached hydrogens (tertiary/aromatic N) is 4. The number of rotatable bonds is 7. The Kier molecular flexibility index (Phi) is 6.27. The van der Waals surface area contributed by atoms with E-state index >= 15 is 0 Å². The Morgan fingerprint density at radius 3 is 2.22 bits per heavy atom. The van der Waals surface area contributed by atoms with Crippen LogP contribution in [-0.4, -0.2) is 61.6 Å². The Bertz CT molecular complexity index is 967. The van der Waals surface area contributed by atoms with E-state index in [9.17, 15) is 0 Å². The lowest BCUT2D eigenvalue weighted by Gasteiger charge is -2.37. The highest BCUT2D eigenvalue weighted by molar-refractivity contribution is 5.53. The third kappa shape index (κ3) is 5.06. The third-order valence-corrected chi connectivity index (χ3v) is 6.02. The molecular formula is C25H30N4O3. The summed E-state index contributed by atoms with van der Waals surface area (Å²) >= 11 is 0. The van der Waals surface area contributed by atoms with Gasteiger partial charge in [0.2, 0.25) is 0 Å². The van der Waals surface area contributed by atoms with Gasteiger partial charge >= 0.3 is 0 Å². The molecule has 5 rings (SSSR count). The van der Waals surface area contributed by atoms with Crippen LogP contribution in [0.15, 0.2) is 67.0 Å². The van der Waals surface area contributed by atoms with Gasteiger partial charge in [-0.3, -0.25) is 4.68 Å². The van der Waals surface area contributed by atoms with E-state index in [0.717, 1.165) is 31.9 Å². The van der Waals surface area contributed by atoms with E-state index in [4.69, 9.17) is 14.2 Å². The van der Waals surface area contributed by atoms with Crippen molar-refractivity contribution >= 4 is 11.4 Å². The predicted molar refractivity (Wildman–Crippen MR) is 124 cm³/mol. The van der Waals surface area contributed by atoms with Crippen molar-refractivity contribution in [1.29, 1.82) is 0 Å². The first-order valence-electron chi connectivity index (χ1n) is 11.3. The monoisotopic (exact) mass is 434 g/mol. The molecule has 2 aromatic carbocycles. The average Bonchev–Trinajstić information content (AvgIpc) is 3.51. The van der Waals surface area contributed by atoms with Gasteiger partial charge < -0.3 is 24.0 Å². The first kappa shape index (κ1) is 20.8. The molecule has 2 aliphatic rings. The molecule has 3 aromatic rings. The third-order valence-electron chi connectivity index (χ3n) is 6.02. The fraction of sp³-hybridized carbons (Fsp3) is 0.400. The number of hydrogen-bond acceptors (Lipinski definition) is 6. The summed E-state index contributed by atoms with van der Waals surface area (Å²) in [5.74, 6) is 0.853. The van der Waals surface area contributed by atoms with Crippen molar-refractivity contribution in [2.45, 2.75) is 25.9 Å². The largest absolute Gasteiger partial charge is 0.491 e. The Morgan fingerprint density at radius 1 is 0.938 bits per heavy atom. The van der Waals surface area contributed by atoms with Crippen LogP contribution >= 0.6 is 0 Å². The number of aromatic nitrogens is 2. The van der Waals surface area contributed by atoms with Crippen LogP contribution in [0.5, 0.6) is 5.75 Å². The molecule has 168 valence electrons. The molecule has 2 fully saturated rings. The van der Waals surface area contributed by atoms with E-state index < -0.39 is 0 Å². The summed E-state index contributed by atoms with van der Waals surface area (Å²) in [5, 5.41) is 4.19. The van der Waals surface area contributed by atoms with Crippen molar-refractivity contribution in [2.24, 2.45) is 0 Å². The summed E-state index contributed by atoms with van der Waals surface area (Å²) in [5.41, 5.74) is 3.85. The first-order valence-corrected chi connectivity index (χ1v) is 11.3. The van der Waals surface area contributed by atoms with Gasteiger partial charge in [0.1, 0.15) is 18.5 Å². The smallest absolute Gasteiger partial charge is 0.177 e. The maximum absolute atomic E-state index is 5.95. The summed E-state index contributed by atoms with van der Waals surface area (Å²) in [7, 11) is 0. The number of aryl methyl sites for hydroxylation is 1. The van der Waals surface area contributed by atoms with Gasteiger partial charge in [0.25, 0.3) is 0 Å². The molecule has 1 aromatic heterocycles. The molecule has 0 spiro atoms. The molecule has 0 bridgehead atoms. The average molecular weight is 435 g/mol. The van der Waals surface area contributed by atoms with Crippen LogP contribution in [0.1, 0.15) is 5.56 Å². The van der Waals surface area contributed by atoms with Crippen molar-refractivity contribution in [1.82, 2.24) is 9.78 Å². The minimum Gasteiger partial charge on any atom is -0.491 e. The van der Waals surface area contributed by atoms with Crippen LogP contribution < -0.4 is 14.5 Å². The number of anilines is 2. The molecule has 0 saturated carbocycles. The lowest BCUT2D eigenvalue weighted by Crippen LogP contribution is -2.46. The zero-order valence-electron chi connectivity index (χ0n) is 18.5. The number of hydrogen-bond donors (Lipinski definition) is 0. The molecule has 32 heavy (non-hydrogen) atoms. The van der Waals surface area contributed by atoms with Crippen molar-refractivity contribution in [3.05, 3.63) is 72.6 Å². The molecule has 0 amide bonds. The van der Waals surface area contributed by atoms with Gasteiger partial charge in [-0.25, -0.2) is 0 Å². The van der Waals surface area contributed by atoms with Gasteiger partial charge in [-0.15, -0.1) is 0 Å². The standard InChI is InChI=1S/C25H30N4O3/c1-20-3-5-21(6-4-20)27-13-15-28(16-14-27)22-7-9-23(10-8-22)30-18-24-19-31-25(32-24)17-29-12-2-11-26-29/h2-12,24-25H,13-19H2,1H3. The fourth-order valence-corrected chi connectivity index (χ4v) is 4.17. The SMILES string of the molecule is Cc1ccc(N2CCN(c3ccc(OCC4COC(Cn5cccn5)O4)cc3)CC2)cc1. The summed E-state index contributed by atoms with van der Waals surface area (Å²) in [6.07, 6.45) is 3.32. The predicted octanol–water partition coefficient (Wildman–Crippen LogP) is 3.34. The second-order valence-corrected chi connectivity index (χ2v) is 8.36. The van der Waals surface area contributed by atoms with E-state index in [1.54, 1.807) is 6.20 Å². The molecule has 3 heterocycles. The molecule has 2 saturated heterocycles. The van der Waals surface area contributed by atoms with Crippen molar-refractivity contribution in [3.8, 4) is 5.75 Å². The number of benzene rings is 2. The zero-order valence-corrected chi connectivity index (χ0v) is 18.5.